The van der Waals surface area contributed by atoms with Crippen LogP contribution >= 0.6 is 0 Å². The second-order valence-electron chi connectivity index (χ2n) is 6.50. The SMILES string of the molecule is COCC1(C(=O)NC(C)CC(O)c2ccccc2)CCNCC1. The third-order valence-corrected chi connectivity index (χ3v) is 4.60. The van der Waals surface area contributed by atoms with E-state index in [1.165, 1.54) is 0 Å². The monoisotopic (exact) mass is 320 g/mol. The number of aliphatic hydroxyl groups is 1. The Kier molecular flexibility index (Phi) is 6.57. The first kappa shape index (κ1) is 17.9. The molecule has 5 heteroatoms. The molecule has 1 aromatic carbocycles. The Morgan fingerprint density at radius 2 is 2.00 bits per heavy atom. The smallest absolute Gasteiger partial charge is 0.228 e. The van der Waals surface area contributed by atoms with E-state index in [0.29, 0.717) is 13.0 Å². The van der Waals surface area contributed by atoms with Crippen LogP contribution in [0.5, 0.6) is 0 Å². The van der Waals surface area contributed by atoms with Crippen molar-refractivity contribution in [2.24, 2.45) is 5.41 Å². The van der Waals surface area contributed by atoms with E-state index < -0.39 is 11.5 Å². The van der Waals surface area contributed by atoms with Crippen molar-refractivity contribution in [2.45, 2.75) is 38.3 Å². The Hall–Kier alpha value is -1.43. The fraction of sp³-hybridized carbons (Fsp3) is 0.611. The number of piperidine rings is 1. The second-order valence-corrected chi connectivity index (χ2v) is 6.50. The molecule has 0 radical (unpaired) electrons. The first-order valence-corrected chi connectivity index (χ1v) is 8.31. The summed E-state index contributed by atoms with van der Waals surface area (Å²) < 4.78 is 5.30. The topological polar surface area (TPSA) is 70.6 Å². The molecule has 3 N–H and O–H groups in total. The van der Waals surface area contributed by atoms with E-state index in [1.807, 2.05) is 37.3 Å². The molecule has 1 fully saturated rings. The van der Waals surface area contributed by atoms with Gasteiger partial charge in [0, 0.05) is 13.2 Å². The zero-order chi connectivity index (χ0) is 16.7. The number of benzene rings is 1. The van der Waals surface area contributed by atoms with Crippen molar-refractivity contribution in [3.63, 3.8) is 0 Å². The number of hydrogen-bond acceptors (Lipinski definition) is 4. The van der Waals surface area contributed by atoms with E-state index in [2.05, 4.69) is 10.6 Å². The number of carbonyl (C=O) groups is 1. The molecule has 5 nitrogen and oxygen atoms in total. The summed E-state index contributed by atoms with van der Waals surface area (Å²) in [4.78, 5) is 12.7. The van der Waals surface area contributed by atoms with Crippen molar-refractivity contribution >= 4 is 5.91 Å². The van der Waals surface area contributed by atoms with E-state index in [-0.39, 0.29) is 11.9 Å². The number of nitrogens with one attached hydrogen (secondary N) is 2. The molecular weight excluding hydrogens is 292 g/mol. The molecule has 1 heterocycles. The van der Waals surface area contributed by atoms with Gasteiger partial charge in [-0.05, 0) is 44.8 Å². The van der Waals surface area contributed by atoms with Gasteiger partial charge in [-0.3, -0.25) is 4.79 Å². The van der Waals surface area contributed by atoms with Crippen LogP contribution in [0.3, 0.4) is 0 Å². The van der Waals surface area contributed by atoms with E-state index in [1.54, 1.807) is 7.11 Å². The molecule has 0 spiro atoms. The van der Waals surface area contributed by atoms with Crippen LogP contribution in [0.4, 0.5) is 0 Å². The number of ether oxygens (including phenoxy) is 1. The lowest BCUT2D eigenvalue weighted by Crippen LogP contribution is -2.52. The van der Waals surface area contributed by atoms with Crippen molar-refractivity contribution in [1.29, 1.82) is 0 Å². The first-order valence-electron chi connectivity index (χ1n) is 8.31. The molecule has 1 aromatic rings. The molecule has 128 valence electrons. The maximum atomic E-state index is 12.7. The zero-order valence-electron chi connectivity index (χ0n) is 14.0. The number of hydrogen-bond donors (Lipinski definition) is 3. The summed E-state index contributed by atoms with van der Waals surface area (Å²) in [5, 5.41) is 16.6. The number of amides is 1. The summed E-state index contributed by atoms with van der Waals surface area (Å²) >= 11 is 0. The van der Waals surface area contributed by atoms with Gasteiger partial charge in [-0.1, -0.05) is 30.3 Å². The largest absolute Gasteiger partial charge is 0.388 e. The Morgan fingerprint density at radius 3 is 2.61 bits per heavy atom. The van der Waals surface area contributed by atoms with Gasteiger partial charge in [-0.2, -0.15) is 0 Å². The highest BCUT2D eigenvalue weighted by Crippen LogP contribution is 2.30. The Balaban J connectivity index is 1.92. The van der Waals surface area contributed by atoms with Gasteiger partial charge in [0.05, 0.1) is 18.1 Å². The molecule has 2 rings (SSSR count). The Bertz CT molecular complexity index is 481. The van der Waals surface area contributed by atoms with Gasteiger partial charge in [-0.15, -0.1) is 0 Å². The molecule has 1 saturated heterocycles. The van der Waals surface area contributed by atoms with Gasteiger partial charge >= 0.3 is 0 Å². The van der Waals surface area contributed by atoms with Crippen LogP contribution in [0.15, 0.2) is 30.3 Å². The summed E-state index contributed by atoms with van der Waals surface area (Å²) in [6.45, 7) is 4.04. The summed E-state index contributed by atoms with van der Waals surface area (Å²) in [6, 6.07) is 9.44. The van der Waals surface area contributed by atoms with Crippen molar-refractivity contribution in [1.82, 2.24) is 10.6 Å². The molecule has 1 aliphatic heterocycles. The van der Waals surface area contributed by atoms with Gasteiger partial charge in [0.15, 0.2) is 0 Å². The Labute approximate surface area is 138 Å². The van der Waals surface area contributed by atoms with Crippen molar-refractivity contribution in [2.75, 3.05) is 26.8 Å². The molecule has 1 amide bonds. The third-order valence-electron chi connectivity index (χ3n) is 4.60. The van der Waals surface area contributed by atoms with Crippen LogP contribution < -0.4 is 10.6 Å². The van der Waals surface area contributed by atoms with Crippen LogP contribution in [-0.4, -0.2) is 43.9 Å². The Morgan fingerprint density at radius 1 is 1.35 bits per heavy atom. The van der Waals surface area contributed by atoms with Crippen LogP contribution in [0.2, 0.25) is 0 Å². The minimum absolute atomic E-state index is 0.0358. The van der Waals surface area contributed by atoms with Gasteiger partial charge in [-0.25, -0.2) is 0 Å². The maximum Gasteiger partial charge on any atom is 0.228 e. The van der Waals surface area contributed by atoms with E-state index in [9.17, 15) is 9.90 Å². The molecule has 23 heavy (non-hydrogen) atoms. The standard InChI is InChI=1S/C18H28N2O3/c1-14(12-16(21)15-6-4-3-5-7-15)20-17(22)18(13-23-2)8-10-19-11-9-18/h3-7,14,16,19,21H,8-13H2,1-2H3,(H,20,22). The quantitative estimate of drug-likeness (QED) is 0.714. The van der Waals surface area contributed by atoms with Gasteiger partial charge in [0.25, 0.3) is 0 Å². The third kappa shape index (κ3) is 4.77. The average Bonchev–Trinajstić information content (AvgIpc) is 2.56. The number of aliphatic hydroxyl groups excluding tert-OH is 1. The molecule has 2 atom stereocenters. The highest BCUT2D eigenvalue weighted by atomic mass is 16.5. The van der Waals surface area contributed by atoms with Crippen molar-refractivity contribution in [3.8, 4) is 0 Å². The predicted molar refractivity (Wildman–Crippen MR) is 90.0 cm³/mol. The first-order chi connectivity index (χ1) is 11.1. The summed E-state index contributed by atoms with van der Waals surface area (Å²) in [5.74, 6) is 0.0358. The lowest BCUT2D eigenvalue weighted by atomic mass is 9.78. The number of methoxy groups -OCH3 is 1. The fourth-order valence-corrected chi connectivity index (χ4v) is 3.20. The number of carbonyl (C=O) groups excluding carboxylic acids is 1. The second kappa shape index (κ2) is 8.43. The average molecular weight is 320 g/mol. The van der Waals surface area contributed by atoms with E-state index >= 15 is 0 Å². The molecule has 0 aliphatic carbocycles. The normalized spacial score (nSPS) is 19.8. The molecule has 1 aliphatic rings. The van der Waals surface area contributed by atoms with Gasteiger partial charge in [0.2, 0.25) is 5.91 Å². The van der Waals surface area contributed by atoms with Crippen molar-refractivity contribution < 1.29 is 14.6 Å². The maximum absolute atomic E-state index is 12.7. The molecule has 0 saturated carbocycles. The highest BCUT2D eigenvalue weighted by Gasteiger charge is 2.40. The summed E-state index contributed by atoms with van der Waals surface area (Å²) in [5.41, 5.74) is 0.424. The van der Waals surface area contributed by atoms with Crippen LogP contribution in [-0.2, 0) is 9.53 Å². The fourth-order valence-electron chi connectivity index (χ4n) is 3.20. The molecule has 0 aromatic heterocycles. The minimum atomic E-state index is -0.571. The number of rotatable bonds is 7. The van der Waals surface area contributed by atoms with E-state index in [4.69, 9.17) is 4.74 Å². The van der Waals surface area contributed by atoms with E-state index in [0.717, 1.165) is 31.5 Å². The van der Waals surface area contributed by atoms with Crippen molar-refractivity contribution in [3.05, 3.63) is 35.9 Å². The molecular formula is C18H28N2O3. The highest BCUT2D eigenvalue weighted by molar-refractivity contribution is 5.83. The summed E-state index contributed by atoms with van der Waals surface area (Å²) in [6.07, 6.45) is 1.48. The lowest BCUT2D eigenvalue weighted by molar-refractivity contribution is -0.137. The minimum Gasteiger partial charge on any atom is -0.388 e. The van der Waals surface area contributed by atoms with Gasteiger partial charge in [0.1, 0.15) is 0 Å². The lowest BCUT2D eigenvalue weighted by Gasteiger charge is -2.36. The molecule has 0 bridgehead atoms. The van der Waals surface area contributed by atoms with Crippen LogP contribution in [0, 0.1) is 5.41 Å². The summed E-state index contributed by atoms with van der Waals surface area (Å²) in [7, 11) is 1.64. The predicted octanol–water partition coefficient (Wildman–Crippen LogP) is 1.63. The van der Waals surface area contributed by atoms with Gasteiger partial charge < -0.3 is 20.5 Å². The van der Waals surface area contributed by atoms with Crippen LogP contribution in [0.25, 0.3) is 0 Å². The zero-order valence-corrected chi connectivity index (χ0v) is 14.0. The van der Waals surface area contributed by atoms with Crippen LogP contribution in [0.1, 0.15) is 37.9 Å². The molecule has 2 unspecified atom stereocenters.